The van der Waals surface area contributed by atoms with Gasteiger partial charge in [-0.3, -0.25) is 0 Å². The third-order valence-corrected chi connectivity index (χ3v) is 3.16. The second-order valence-electron chi connectivity index (χ2n) is 5.39. The Kier molecular flexibility index (Phi) is 4.98. The Bertz CT molecular complexity index is 693. The highest BCUT2D eigenvalue weighted by molar-refractivity contribution is 5.48. The second-order valence-corrected chi connectivity index (χ2v) is 5.39. The third kappa shape index (κ3) is 4.34. The minimum atomic E-state index is -0.612. The summed E-state index contributed by atoms with van der Waals surface area (Å²) in [6.45, 7) is 6.01. The highest BCUT2D eigenvalue weighted by atomic mass is 16.3. The highest BCUT2D eigenvalue weighted by Gasteiger charge is 2.07. The average Bonchev–Trinajstić information content (AvgIpc) is 2.46. The predicted molar refractivity (Wildman–Crippen MR) is 88.0 cm³/mol. The van der Waals surface area contributed by atoms with Gasteiger partial charge in [0.15, 0.2) is 0 Å². The van der Waals surface area contributed by atoms with Crippen molar-refractivity contribution in [2.75, 3.05) is 0 Å². The Balaban J connectivity index is 2.33. The molecule has 2 aromatic carbocycles. The fourth-order valence-electron chi connectivity index (χ4n) is 2.05. The molecule has 0 saturated carbocycles. The number of aliphatic hydroxyl groups is 1. The first-order valence-electron chi connectivity index (χ1n) is 7.07. The lowest BCUT2D eigenvalue weighted by molar-refractivity contribution is 0.227. The lowest BCUT2D eigenvalue weighted by atomic mass is 10.0. The molecule has 0 aliphatic rings. The van der Waals surface area contributed by atoms with Gasteiger partial charge in [0, 0.05) is 11.1 Å². The van der Waals surface area contributed by atoms with Gasteiger partial charge in [-0.05, 0) is 44.5 Å². The van der Waals surface area contributed by atoms with Gasteiger partial charge >= 0.3 is 0 Å². The number of benzene rings is 2. The van der Waals surface area contributed by atoms with Crippen molar-refractivity contribution in [2.24, 2.45) is 0 Å². The van der Waals surface area contributed by atoms with E-state index in [2.05, 4.69) is 18.8 Å². The number of allylic oxidation sites excluding steroid dienone is 1. The molecule has 1 N–H and O–H groups in total. The van der Waals surface area contributed by atoms with Crippen molar-refractivity contribution in [3.8, 4) is 11.8 Å². The summed E-state index contributed by atoms with van der Waals surface area (Å²) in [6, 6.07) is 15.9. The average molecular weight is 276 g/mol. The van der Waals surface area contributed by atoms with E-state index < -0.39 is 6.10 Å². The van der Waals surface area contributed by atoms with Crippen molar-refractivity contribution < 1.29 is 5.11 Å². The molecule has 0 saturated heterocycles. The third-order valence-electron chi connectivity index (χ3n) is 3.16. The molecule has 0 radical (unpaired) electrons. The molecule has 0 amide bonds. The summed E-state index contributed by atoms with van der Waals surface area (Å²) in [6.07, 6.45) is 1.23. The van der Waals surface area contributed by atoms with Crippen LogP contribution >= 0.6 is 0 Å². The van der Waals surface area contributed by atoms with Crippen LogP contribution in [0.5, 0.6) is 0 Å². The van der Waals surface area contributed by atoms with Crippen LogP contribution in [-0.4, -0.2) is 5.11 Å². The predicted octanol–water partition coefficient (Wildman–Crippen LogP) is 4.39. The molecule has 0 aromatic heterocycles. The van der Waals surface area contributed by atoms with Crippen LogP contribution in [0.25, 0.3) is 0 Å². The fourth-order valence-corrected chi connectivity index (χ4v) is 2.05. The quantitative estimate of drug-likeness (QED) is 0.637. The molecule has 1 unspecified atom stereocenters. The maximum atomic E-state index is 10.3. The van der Waals surface area contributed by atoms with Gasteiger partial charge in [-0.2, -0.15) is 0 Å². The van der Waals surface area contributed by atoms with E-state index in [-0.39, 0.29) is 0 Å². The van der Waals surface area contributed by atoms with Gasteiger partial charge in [0.1, 0.15) is 0 Å². The normalized spacial score (nSPS) is 11.2. The SMILES string of the molecule is CC(C)=CC(O)c1ccccc1C#Cc1ccc(C)cc1. The first-order valence-corrected chi connectivity index (χ1v) is 7.07. The van der Waals surface area contributed by atoms with Gasteiger partial charge in [0.2, 0.25) is 0 Å². The minimum Gasteiger partial charge on any atom is -0.384 e. The van der Waals surface area contributed by atoms with E-state index in [1.54, 1.807) is 0 Å². The van der Waals surface area contributed by atoms with Crippen LogP contribution in [0.3, 0.4) is 0 Å². The number of rotatable bonds is 2. The molecular formula is C20H20O. The van der Waals surface area contributed by atoms with Crippen LogP contribution in [0.4, 0.5) is 0 Å². The smallest absolute Gasteiger partial charge is 0.0986 e. The Morgan fingerprint density at radius 1 is 1.00 bits per heavy atom. The number of aryl methyl sites for hydroxylation is 1. The number of hydrogen-bond donors (Lipinski definition) is 1. The van der Waals surface area contributed by atoms with Gasteiger partial charge in [-0.25, -0.2) is 0 Å². The summed E-state index contributed by atoms with van der Waals surface area (Å²) in [4.78, 5) is 0. The van der Waals surface area contributed by atoms with Crippen molar-refractivity contribution in [1.29, 1.82) is 0 Å². The summed E-state index contributed by atoms with van der Waals surface area (Å²) in [5.74, 6) is 6.32. The lowest BCUT2D eigenvalue weighted by Gasteiger charge is -2.09. The minimum absolute atomic E-state index is 0.612. The molecule has 1 heteroatoms. The molecule has 0 bridgehead atoms. The molecule has 0 heterocycles. The van der Waals surface area contributed by atoms with E-state index in [1.807, 2.05) is 68.5 Å². The first-order chi connectivity index (χ1) is 10.1. The van der Waals surface area contributed by atoms with E-state index in [9.17, 15) is 5.11 Å². The van der Waals surface area contributed by atoms with E-state index in [4.69, 9.17) is 0 Å². The van der Waals surface area contributed by atoms with Gasteiger partial charge in [0.05, 0.1) is 6.10 Å². The molecule has 2 aromatic rings. The molecule has 1 nitrogen and oxygen atoms in total. The monoisotopic (exact) mass is 276 g/mol. The largest absolute Gasteiger partial charge is 0.384 e. The second kappa shape index (κ2) is 6.92. The zero-order chi connectivity index (χ0) is 15.2. The van der Waals surface area contributed by atoms with Gasteiger partial charge in [0.25, 0.3) is 0 Å². The maximum Gasteiger partial charge on any atom is 0.0986 e. The summed E-state index contributed by atoms with van der Waals surface area (Å²) >= 11 is 0. The molecule has 1 atom stereocenters. The van der Waals surface area contributed by atoms with Crippen molar-refractivity contribution in [3.63, 3.8) is 0 Å². The molecule has 0 spiro atoms. The van der Waals surface area contributed by atoms with Crippen molar-refractivity contribution in [1.82, 2.24) is 0 Å². The van der Waals surface area contributed by atoms with Gasteiger partial charge in [-0.1, -0.05) is 59.4 Å². The van der Waals surface area contributed by atoms with Crippen molar-refractivity contribution in [2.45, 2.75) is 26.9 Å². The van der Waals surface area contributed by atoms with Crippen LogP contribution < -0.4 is 0 Å². The summed E-state index contributed by atoms with van der Waals surface area (Å²) < 4.78 is 0. The molecule has 0 aliphatic heterocycles. The van der Waals surface area contributed by atoms with Crippen molar-refractivity contribution in [3.05, 3.63) is 82.4 Å². The van der Waals surface area contributed by atoms with Crippen LogP contribution in [-0.2, 0) is 0 Å². The fraction of sp³-hybridized carbons (Fsp3) is 0.200. The van der Waals surface area contributed by atoms with Crippen LogP contribution in [0, 0.1) is 18.8 Å². The lowest BCUT2D eigenvalue weighted by Crippen LogP contribution is -1.97. The Morgan fingerprint density at radius 2 is 1.67 bits per heavy atom. The summed E-state index contributed by atoms with van der Waals surface area (Å²) in [5, 5.41) is 10.3. The number of hydrogen-bond acceptors (Lipinski definition) is 1. The first kappa shape index (κ1) is 15.1. The van der Waals surface area contributed by atoms with Crippen LogP contribution in [0.2, 0.25) is 0 Å². The van der Waals surface area contributed by atoms with E-state index in [0.29, 0.717) is 0 Å². The maximum absolute atomic E-state index is 10.3. The van der Waals surface area contributed by atoms with E-state index in [0.717, 1.165) is 22.3 Å². The van der Waals surface area contributed by atoms with Gasteiger partial charge in [-0.15, -0.1) is 0 Å². The van der Waals surface area contributed by atoms with Crippen LogP contribution in [0.15, 0.2) is 60.2 Å². The summed E-state index contributed by atoms with van der Waals surface area (Å²) in [5.41, 5.74) is 5.00. The molecule has 106 valence electrons. The Hall–Kier alpha value is -2.30. The standard InChI is InChI=1S/C20H20O/c1-15(2)14-20(21)19-7-5-4-6-18(19)13-12-17-10-8-16(3)9-11-17/h4-11,14,20-21H,1-3H3. The summed E-state index contributed by atoms with van der Waals surface area (Å²) in [7, 11) is 0. The molecule has 0 aliphatic carbocycles. The van der Waals surface area contributed by atoms with Crippen molar-refractivity contribution >= 4 is 0 Å². The molecule has 21 heavy (non-hydrogen) atoms. The zero-order valence-electron chi connectivity index (χ0n) is 12.7. The van der Waals surface area contributed by atoms with E-state index in [1.165, 1.54) is 5.56 Å². The molecule has 0 fully saturated rings. The van der Waals surface area contributed by atoms with E-state index >= 15 is 0 Å². The highest BCUT2D eigenvalue weighted by Crippen LogP contribution is 2.19. The Morgan fingerprint density at radius 3 is 2.33 bits per heavy atom. The topological polar surface area (TPSA) is 20.2 Å². The van der Waals surface area contributed by atoms with Crippen LogP contribution in [0.1, 0.15) is 42.2 Å². The molecular weight excluding hydrogens is 256 g/mol. The molecule has 2 rings (SSSR count). The zero-order valence-corrected chi connectivity index (χ0v) is 12.7. The Labute approximate surface area is 127 Å². The number of aliphatic hydroxyl groups excluding tert-OH is 1. The van der Waals surface area contributed by atoms with Gasteiger partial charge < -0.3 is 5.11 Å².